The van der Waals surface area contributed by atoms with Gasteiger partial charge in [0.15, 0.2) is 0 Å². The second-order valence-corrected chi connectivity index (χ2v) is 5.94. The fourth-order valence-electron chi connectivity index (χ4n) is 2.68. The predicted octanol–water partition coefficient (Wildman–Crippen LogP) is 2.65. The van der Waals surface area contributed by atoms with Crippen LogP contribution in [0, 0.1) is 0 Å². The third kappa shape index (κ3) is 3.48. The molecule has 0 saturated heterocycles. The molecule has 106 valence electrons. The Morgan fingerprint density at radius 3 is 2.89 bits per heavy atom. The molecule has 1 aliphatic rings. The second kappa shape index (κ2) is 5.93. The minimum absolute atomic E-state index is 0.0896. The molecule has 0 radical (unpaired) electrons. The quantitative estimate of drug-likeness (QED) is 0.829. The molecule has 2 rings (SSSR count). The van der Waals surface area contributed by atoms with Crippen LogP contribution in [0.5, 0.6) is 5.75 Å². The molecule has 3 heteroatoms. The summed E-state index contributed by atoms with van der Waals surface area (Å²) in [7, 11) is 0. The normalized spacial score (nSPS) is 17.9. The Hall–Kier alpha value is -1.06. The van der Waals surface area contributed by atoms with Crippen molar-refractivity contribution in [2.45, 2.75) is 58.2 Å². The van der Waals surface area contributed by atoms with Gasteiger partial charge < -0.3 is 15.2 Å². The Bertz CT molecular complexity index is 429. The molecule has 19 heavy (non-hydrogen) atoms. The zero-order valence-electron chi connectivity index (χ0n) is 12.2. The largest absolute Gasteiger partial charge is 0.487 e. The van der Waals surface area contributed by atoms with Crippen molar-refractivity contribution in [2.24, 2.45) is 0 Å². The van der Waals surface area contributed by atoms with Crippen LogP contribution < -0.4 is 10.1 Å². The lowest BCUT2D eigenvalue weighted by molar-refractivity contribution is 0.137. The maximum atomic E-state index is 9.02. The van der Waals surface area contributed by atoms with Gasteiger partial charge in [0.05, 0.1) is 0 Å². The molecule has 0 amide bonds. The summed E-state index contributed by atoms with van der Waals surface area (Å²) in [5.74, 6) is 1.05. The van der Waals surface area contributed by atoms with Crippen molar-refractivity contribution in [3.63, 3.8) is 0 Å². The lowest BCUT2D eigenvalue weighted by atomic mass is 10.0. The highest BCUT2D eigenvalue weighted by atomic mass is 16.5. The zero-order valence-corrected chi connectivity index (χ0v) is 12.2. The molecule has 0 spiro atoms. The van der Waals surface area contributed by atoms with E-state index in [1.807, 2.05) is 0 Å². The summed E-state index contributed by atoms with van der Waals surface area (Å²) in [6.45, 7) is 7.44. The van der Waals surface area contributed by atoms with Crippen LogP contribution in [-0.2, 0) is 13.0 Å². The van der Waals surface area contributed by atoms with Gasteiger partial charge in [-0.1, -0.05) is 25.1 Å². The molecule has 1 aromatic carbocycles. The van der Waals surface area contributed by atoms with Crippen molar-refractivity contribution >= 4 is 0 Å². The summed E-state index contributed by atoms with van der Waals surface area (Å²) in [6.07, 6.45) is 2.81. The fraction of sp³-hybridized carbons (Fsp3) is 0.625. The molecular weight excluding hydrogens is 238 g/mol. The SMILES string of the molecule is CCC(CCO)NCc1cccc2c1OC(C)(C)C2. The number of hydrogen-bond acceptors (Lipinski definition) is 3. The van der Waals surface area contributed by atoms with Crippen molar-refractivity contribution in [1.29, 1.82) is 0 Å². The standard InChI is InChI=1S/C16H25NO2/c1-4-14(8-9-18)17-11-13-7-5-6-12-10-16(2,3)19-15(12)13/h5-7,14,17-18H,4,8-11H2,1-3H3. The van der Waals surface area contributed by atoms with Crippen molar-refractivity contribution in [3.8, 4) is 5.75 Å². The van der Waals surface area contributed by atoms with Gasteiger partial charge in [-0.05, 0) is 32.3 Å². The Labute approximate surface area is 116 Å². The van der Waals surface area contributed by atoms with E-state index in [0.29, 0.717) is 6.04 Å². The summed E-state index contributed by atoms with van der Waals surface area (Å²) < 4.78 is 6.06. The van der Waals surface area contributed by atoms with E-state index in [-0.39, 0.29) is 12.2 Å². The molecule has 0 saturated carbocycles. The molecule has 1 atom stereocenters. The molecule has 2 N–H and O–H groups in total. The van der Waals surface area contributed by atoms with Crippen LogP contribution in [0.25, 0.3) is 0 Å². The summed E-state index contributed by atoms with van der Waals surface area (Å²) in [6, 6.07) is 6.75. The van der Waals surface area contributed by atoms with E-state index < -0.39 is 0 Å². The third-order valence-electron chi connectivity index (χ3n) is 3.72. The second-order valence-electron chi connectivity index (χ2n) is 5.94. The van der Waals surface area contributed by atoms with Crippen LogP contribution in [0.4, 0.5) is 0 Å². The van der Waals surface area contributed by atoms with Gasteiger partial charge in [0.25, 0.3) is 0 Å². The van der Waals surface area contributed by atoms with Gasteiger partial charge in [0.1, 0.15) is 11.4 Å². The highest BCUT2D eigenvalue weighted by Gasteiger charge is 2.31. The molecule has 1 aromatic rings. The highest BCUT2D eigenvalue weighted by molar-refractivity contribution is 5.45. The molecule has 1 unspecified atom stereocenters. The first-order chi connectivity index (χ1) is 9.05. The highest BCUT2D eigenvalue weighted by Crippen LogP contribution is 2.37. The van der Waals surface area contributed by atoms with Crippen molar-refractivity contribution < 1.29 is 9.84 Å². The molecule has 0 aliphatic carbocycles. The Balaban J connectivity index is 2.05. The van der Waals surface area contributed by atoms with Crippen molar-refractivity contribution in [2.75, 3.05) is 6.61 Å². The van der Waals surface area contributed by atoms with E-state index in [1.165, 1.54) is 11.1 Å². The van der Waals surface area contributed by atoms with Gasteiger partial charge in [-0.25, -0.2) is 0 Å². The van der Waals surface area contributed by atoms with Crippen LogP contribution in [0.2, 0.25) is 0 Å². The maximum absolute atomic E-state index is 9.02. The predicted molar refractivity (Wildman–Crippen MR) is 77.5 cm³/mol. The van der Waals surface area contributed by atoms with Crippen LogP contribution in [0.3, 0.4) is 0 Å². The summed E-state index contributed by atoms with van der Waals surface area (Å²) in [4.78, 5) is 0. The van der Waals surface area contributed by atoms with Crippen LogP contribution >= 0.6 is 0 Å². The average Bonchev–Trinajstić information content (AvgIpc) is 2.68. The zero-order chi connectivity index (χ0) is 13.9. The Morgan fingerprint density at radius 2 is 2.21 bits per heavy atom. The fourth-order valence-corrected chi connectivity index (χ4v) is 2.68. The third-order valence-corrected chi connectivity index (χ3v) is 3.72. The molecule has 1 heterocycles. The monoisotopic (exact) mass is 263 g/mol. The molecule has 0 aromatic heterocycles. The maximum Gasteiger partial charge on any atom is 0.127 e. The summed E-state index contributed by atoms with van der Waals surface area (Å²) in [5, 5.41) is 12.5. The van der Waals surface area contributed by atoms with Gasteiger partial charge in [-0.2, -0.15) is 0 Å². The summed E-state index contributed by atoms with van der Waals surface area (Å²) in [5.41, 5.74) is 2.44. The number of aliphatic hydroxyl groups excluding tert-OH is 1. The first-order valence-electron chi connectivity index (χ1n) is 7.19. The van der Waals surface area contributed by atoms with Crippen LogP contribution in [0.15, 0.2) is 18.2 Å². The lowest BCUT2D eigenvalue weighted by Crippen LogP contribution is -2.29. The Kier molecular flexibility index (Phi) is 4.48. The van der Waals surface area contributed by atoms with Gasteiger partial charge in [0, 0.05) is 31.2 Å². The number of hydrogen-bond donors (Lipinski definition) is 2. The number of para-hydroxylation sites is 1. The van der Waals surface area contributed by atoms with Gasteiger partial charge in [-0.3, -0.25) is 0 Å². The Morgan fingerprint density at radius 1 is 1.42 bits per heavy atom. The van der Waals surface area contributed by atoms with E-state index in [4.69, 9.17) is 9.84 Å². The van der Waals surface area contributed by atoms with E-state index in [9.17, 15) is 0 Å². The number of nitrogens with one attached hydrogen (secondary N) is 1. The molecule has 0 bridgehead atoms. The van der Waals surface area contributed by atoms with Crippen LogP contribution in [0.1, 0.15) is 44.7 Å². The van der Waals surface area contributed by atoms with E-state index in [1.54, 1.807) is 0 Å². The van der Waals surface area contributed by atoms with E-state index >= 15 is 0 Å². The first-order valence-corrected chi connectivity index (χ1v) is 7.19. The average molecular weight is 263 g/mol. The molecule has 0 fully saturated rings. The smallest absolute Gasteiger partial charge is 0.127 e. The van der Waals surface area contributed by atoms with Crippen molar-refractivity contribution in [3.05, 3.63) is 29.3 Å². The minimum Gasteiger partial charge on any atom is -0.487 e. The number of ether oxygens (including phenoxy) is 1. The number of aliphatic hydroxyl groups is 1. The number of rotatable bonds is 6. The molecular formula is C16H25NO2. The van der Waals surface area contributed by atoms with Crippen LogP contribution in [-0.4, -0.2) is 23.4 Å². The van der Waals surface area contributed by atoms with Gasteiger partial charge in [0.2, 0.25) is 0 Å². The number of fused-ring (bicyclic) bond motifs is 1. The topological polar surface area (TPSA) is 41.5 Å². The molecule has 1 aliphatic heterocycles. The minimum atomic E-state index is -0.0896. The molecule has 3 nitrogen and oxygen atoms in total. The van der Waals surface area contributed by atoms with E-state index in [2.05, 4.69) is 44.3 Å². The lowest BCUT2D eigenvalue weighted by Gasteiger charge is -2.20. The van der Waals surface area contributed by atoms with Gasteiger partial charge >= 0.3 is 0 Å². The first kappa shape index (κ1) is 14.4. The van der Waals surface area contributed by atoms with Crippen molar-refractivity contribution in [1.82, 2.24) is 5.32 Å². The number of benzene rings is 1. The van der Waals surface area contributed by atoms with E-state index in [0.717, 1.165) is 31.6 Å². The van der Waals surface area contributed by atoms with Gasteiger partial charge in [-0.15, -0.1) is 0 Å². The summed E-state index contributed by atoms with van der Waals surface area (Å²) >= 11 is 0.